The number of benzene rings is 3. The Morgan fingerprint density at radius 2 is 1.72 bits per heavy atom. The number of hydrogen-bond acceptors (Lipinski definition) is 7. The third-order valence-corrected chi connectivity index (χ3v) is 5.78. The maximum Gasteiger partial charge on any atom is 0.339 e. The summed E-state index contributed by atoms with van der Waals surface area (Å²) in [5.74, 6) is -0.586. The van der Waals surface area contributed by atoms with Crippen molar-refractivity contribution in [2.75, 3.05) is 19.5 Å². The molecule has 0 bridgehead atoms. The third kappa shape index (κ3) is 3.90. The first-order valence-electron chi connectivity index (χ1n) is 11.1. The number of ether oxygens (including phenoxy) is 2. The summed E-state index contributed by atoms with van der Waals surface area (Å²) in [5.41, 5.74) is 3.73. The Morgan fingerprint density at radius 3 is 2.47 bits per heavy atom. The average molecular weight is 484 g/mol. The number of halogens is 1. The van der Waals surface area contributed by atoms with Crippen molar-refractivity contribution in [1.29, 1.82) is 0 Å². The minimum Gasteiger partial charge on any atom is -0.493 e. The van der Waals surface area contributed by atoms with Crippen LogP contribution in [0.15, 0.2) is 73.1 Å². The molecule has 36 heavy (non-hydrogen) atoms. The summed E-state index contributed by atoms with van der Waals surface area (Å²) in [4.78, 5) is 20.9. The van der Waals surface area contributed by atoms with Crippen molar-refractivity contribution < 1.29 is 18.7 Å². The van der Waals surface area contributed by atoms with Crippen molar-refractivity contribution in [1.82, 2.24) is 19.7 Å². The van der Waals surface area contributed by atoms with Gasteiger partial charge in [-0.3, -0.25) is 4.98 Å². The summed E-state index contributed by atoms with van der Waals surface area (Å²) < 4.78 is 27.7. The second-order valence-electron chi connectivity index (χ2n) is 7.91. The van der Waals surface area contributed by atoms with E-state index in [0.717, 1.165) is 5.69 Å². The molecule has 1 N–H and O–H groups in total. The summed E-state index contributed by atoms with van der Waals surface area (Å²) in [6, 6.07) is 18.2. The number of carbonyl (C=O) groups excluding carboxylic acids is 1. The highest BCUT2D eigenvalue weighted by Gasteiger charge is 2.26. The molecular weight excluding hydrogens is 461 g/mol. The van der Waals surface area contributed by atoms with E-state index in [2.05, 4.69) is 15.3 Å². The summed E-state index contributed by atoms with van der Waals surface area (Å²) in [6.07, 6.45) is 2.93. The van der Waals surface area contributed by atoms with E-state index in [1.54, 1.807) is 35.0 Å². The number of para-hydroxylation sites is 2. The fourth-order valence-electron chi connectivity index (χ4n) is 4.17. The summed E-state index contributed by atoms with van der Waals surface area (Å²) in [5, 5.41) is 8.10. The lowest BCUT2D eigenvalue weighted by Gasteiger charge is -2.16. The van der Waals surface area contributed by atoms with Gasteiger partial charge in [0.15, 0.2) is 11.6 Å². The van der Waals surface area contributed by atoms with Crippen LogP contribution >= 0.6 is 0 Å². The molecule has 0 aliphatic heterocycles. The monoisotopic (exact) mass is 483 g/mol. The average Bonchev–Trinajstić information content (AvgIpc) is 3.24. The van der Waals surface area contributed by atoms with Gasteiger partial charge in [-0.25, -0.2) is 18.9 Å². The third-order valence-electron chi connectivity index (χ3n) is 5.78. The van der Waals surface area contributed by atoms with E-state index in [9.17, 15) is 4.79 Å². The second-order valence-corrected chi connectivity index (χ2v) is 7.91. The van der Waals surface area contributed by atoms with Crippen molar-refractivity contribution in [3.05, 3.63) is 90.1 Å². The Labute approximate surface area is 206 Å². The molecule has 5 aromatic rings. The number of esters is 1. The maximum atomic E-state index is 15.5. The SMILES string of the molecule is COC(=O)c1ccccc1Nc1c(-c2cc3nccnc3c(F)c2OC)c(C)nn1-c1ccccc1. The number of nitrogens with zero attached hydrogens (tertiary/aromatic N) is 4. The van der Waals surface area contributed by atoms with Gasteiger partial charge < -0.3 is 14.8 Å². The van der Waals surface area contributed by atoms with Crippen molar-refractivity contribution in [3.8, 4) is 22.6 Å². The molecule has 180 valence electrons. The Bertz CT molecular complexity index is 1580. The summed E-state index contributed by atoms with van der Waals surface area (Å²) >= 11 is 0. The minimum atomic E-state index is -0.620. The van der Waals surface area contributed by atoms with Crippen LogP contribution in [0.3, 0.4) is 0 Å². The maximum absolute atomic E-state index is 15.5. The van der Waals surface area contributed by atoms with Crippen LogP contribution in [0, 0.1) is 12.7 Å². The van der Waals surface area contributed by atoms with Gasteiger partial charge in [0.1, 0.15) is 11.3 Å². The Hall–Kier alpha value is -4.79. The van der Waals surface area contributed by atoms with Crippen LogP contribution in [0.2, 0.25) is 0 Å². The molecule has 0 aliphatic carbocycles. The number of aromatic nitrogens is 4. The number of fused-ring (bicyclic) bond motifs is 1. The van der Waals surface area contributed by atoms with Gasteiger partial charge in [0, 0.05) is 18.0 Å². The van der Waals surface area contributed by atoms with Crippen LogP contribution in [0.5, 0.6) is 5.75 Å². The number of methoxy groups -OCH3 is 2. The van der Waals surface area contributed by atoms with Gasteiger partial charge in [0.25, 0.3) is 0 Å². The zero-order chi connectivity index (χ0) is 25.2. The van der Waals surface area contributed by atoms with Gasteiger partial charge in [0.2, 0.25) is 0 Å². The molecule has 0 atom stereocenters. The smallest absolute Gasteiger partial charge is 0.339 e. The van der Waals surface area contributed by atoms with Gasteiger partial charge in [-0.15, -0.1) is 0 Å². The lowest BCUT2D eigenvalue weighted by Crippen LogP contribution is -2.09. The minimum absolute atomic E-state index is 0.0167. The fraction of sp³-hybridized carbons (Fsp3) is 0.111. The van der Waals surface area contributed by atoms with Crippen molar-refractivity contribution >= 4 is 28.5 Å². The normalized spacial score (nSPS) is 10.9. The number of aryl methyl sites for hydroxylation is 1. The van der Waals surface area contributed by atoms with Crippen LogP contribution in [0.1, 0.15) is 16.1 Å². The van der Waals surface area contributed by atoms with Gasteiger partial charge in [-0.2, -0.15) is 5.10 Å². The standard InChI is InChI=1S/C27H22FN5O3/c1-16-22(19-15-21-24(30-14-13-29-21)23(28)25(19)35-2)26(33(32-16)17-9-5-4-6-10-17)31-20-12-8-7-11-18(20)27(34)36-3/h4-15,31H,1-3H3. The largest absolute Gasteiger partial charge is 0.493 e. The second kappa shape index (κ2) is 9.46. The molecule has 2 heterocycles. The highest BCUT2D eigenvalue weighted by atomic mass is 19.1. The molecule has 2 aromatic heterocycles. The van der Waals surface area contributed by atoms with E-state index in [1.807, 2.05) is 37.3 Å². The zero-order valence-electron chi connectivity index (χ0n) is 19.8. The van der Waals surface area contributed by atoms with Crippen molar-refractivity contribution in [2.45, 2.75) is 6.92 Å². The highest BCUT2D eigenvalue weighted by Crippen LogP contribution is 2.43. The van der Waals surface area contributed by atoms with Crippen LogP contribution in [-0.2, 0) is 4.74 Å². The molecule has 9 heteroatoms. The predicted octanol–water partition coefficient (Wildman–Crippen LogP) is 5.47. The first-order chi connectivity index (χ1) is 17.5. The van der Waals surface area contributed by atoms with Gasteiger partial charge in [-0.1, -0.05) is 30.3 Å². The zero-order valence-corrected chi connectivity index (χ0v) is 19.8. The van der Waals surface area contributed by atoms with E-state index < -0.39 is 11.8 Å². The summed E-state index contributed by atoms with van der Waals surface area (Å²) in [6.45, 7) is 1.82. The molecule has 0 radical (unpaired) electrons. The molecule has 3 aromatic carbocycles. The fourth-order valence-corrected chi connectivity index (χ4v) is 4.17. The van der Waals surface area contributed by atoms with E-state index in [1.165, 1.54) is 26.6 Å². The number of nitrogens with one attached hydrogen (secondary N) is 1. The van der Waals surface area contributed by atoms with Crippen molar-refractivity contribution in [3.63, 3.8) is 0 Å². The van der Waals surface area contributed by atoms with Crippen LogP contribution in [-0.4, -0.2) is 39.9 Å². The Morgan fingerprint density at radius 1 is 1.00 bits per heavy atom. The predicted molar refractivity (Wildman–Crippen MR) is 134 cm³/mol. The molecule has 0 spiro atoms. The Balaban J connectivity index is 1.80. The van der Waals surface area contributed by atoms with Gasteiger partial charge in [-0.05, 0) is 37.3 Å². The van der Waals surface area contributed by atoms with E-state index >= 15 is 4.39 Å². The van der Waals surface area contributed by atoms with Gasteiger partial charge >= 0.3 is 5.97 Å². The molecule has 0 amide bonds. The Kier molecular flexibility index (Phi) is 6.03. The van der Waals surface area contributed by atoms with Crippen LogP contribution < -0.4 is 10.1 Å². The van der Waals surface area contributed by atoms with Crippen LogP contribution in [0.25, 0.3) is 27.8 Å². The first kappa shape index (κ1) is 23.0. The topological polar surface area (TPSA) is 91.2 Å². The molecule has 5 rings (SSSR count). The van der Waals surface area contributed by atoms with E-state index in [-0.39, 0.29) is 11.3 Å². The highest BCUT2D eigenvalue weighted by molar-refractivity contribution is 5.98. The number of hydrogen-bond donors (Lipinski definition) is 1. The lowest BCUT2D eigenvalue weighted by atomic mass is 10.0. The molecule has 0 saturated carbocycles. The van der Waals surface area contributed by atoms with Crippen LogP contribution in [0.4, 0.5) is 15.9 Å². The molecule has 0 saturated heterocycles. The van der Waals surface area contributed by atoms with Crippen molar-refractivity contribution in [2.24, 2.45) is 0 Å². The first-order valence-corrected chi connectivity index (χ1v) is 11.1. The number of anilines is 2. The molecular formula is C27H22FN5O3. The molecule has 0 aliphatic rings. The van der Waals surface area contributed by atoms with Gasteiger partial charge in [0.05, 0.1) is 47.9 Å². The number of rotatable bonds is 6. The molecule has 0 unspecified atom stereocenters. The van der Waals surface area contributed by atoms with E-state index in [0.29, 0.717) is 39.4 Å². The number of carbonyl (C=O) groups is 1. The molecule has 0 fully saturated rings. The van der Waals surface area contributed by atoms with E-state index in [4.69, 9.17) is 14.6 Å². The quantitative estimate of drug-likeness (QED) is 0.320. The summed E-state index contributed by atoms with van der Waals surface area (Å²) in [7, 11) is 2.73. The lowest BCUT2D eigenvalue weighted by molar-refractivity contribution is 0.0602. The molecule has 8 nitrogen and oxygen atoms in total.